The summed E-state index contributed by atoms with van der Waals surface area (Å²) in [5, 5.41) is 10.4. The lowest BCUT2D eigenvalue weighted by atomic mass is 10.2. The molecule has 3 aromatic rings. The summed E-state index contributed by atoms with van der Waals surface area (Å²) in [6, 6.07) is 2.12. The first kappa shape index (κ1) is 13.5. The van der Waals surface area contributed by atoms with E-state index in [1.807, 2.05) is 0 Å². The molecule has 0 bridgehead atoms. The second-order valence-electron chi connectivity index (χ2n) is 4.31. The van der Waals surface area contributed by atoms with Crippen LogP contribution in [-0.4, -0.2) is 38.1 Å². The lowest BCUT2D eigenvalue weighted by Gasteiger charge is -2.08. The monoisotopic (exact) mass is 301 g/mol. The maximum atomic E-state index is 4.39. The fourth-order valence-corrected chi connectivity index (χ4v) is 2.51. The van der Waals surface area contributed by atoms with E-state index < -0.39 is 0 Å². The first-order chi connectivity index (χ1) is 10.3. The summed E-state index contributed by atoms with van der Waals surface area (Å²) in [7, 11) is 1.78. The maximum Gasteiger partial charge on any atom is 0.241 e. The van der Waals surface area contributed by atoms with E-state index in [9.17, 15) is 0 Å². The number of aromatic nitrogens is 5. The van der Waals surface area contributed by atoms with Crippen LogP contribution in [0.15, 0.2) is 35.5 Å². The maximum absolute atomic E-state index is 4.39. The van der Waals surface area contributed by atoms with Gasteiger partial charge in [-0.05, 0) is 28.8 Å². The minimum Gasteiger partial charge on any atom is -0.357 e. The first-order valence-corrected chi connectivity index (χ1v) is 7.46. The highest BCUT2D eigenvalue weighted by molar-refractivity contribution is 7.07. The van der Waals surface area contributed by atoms with Crippen LogP contribution < -0.4 is 10.6 Å². The molecule has 0 unspecified atom stereocenters. The van der Waals surface area contributed by atoms with E-state index in [2.05, 4.69) is 47.4 Å². The third kappa shape index (κ3) is 3.34. The Morgan fingerprint density at radius 3 is 2.86 bits per heavy atom. The van der Waals surface area contributed by atoms with Crippen molar-refractivity contribution in [1.29, 1.82) is 0 Å². The lowest BCUT2D eigenvalue weighted by Crippen LogP contribution is -2.12. The Bertz CT molecular complexity index is 679. The van der Waals surface area contributed by atoms with E-state index in [0.717, 1.165) is 13.0 Å². The van der Waals surface area contributed by atoms with Gasteiger partial charge in [-0.2, -0.15) is 26.3 Å². The summed E-state index contributed by atoms with van der Waals surface area (Å²) < 4.78 is 1.74. The minimum atomic E-state index is 0.520. The average molecular weight is 301 g/mol. The zero-order chi connectivity index (χ0) is 14.5. The van der Waals surface area contributed by atoms with Crippen molar-refractivity contribution >= 4 is 23.2 Å². The largest absolute Gasteiger partial charge is 0.357 e. The number of rotatable bonds is 6. The molecule has 8 heteroatoms. The van der Waals surface area contributed by atoms with Gasteiger partial charge in [-0.1, -0.05) is 0 Å². The number of hydrogen-bond donors (Lipinski definition) is 2. The molecule has 108 valence electrons. The Morgan fingerprint density at radius 2 is 2.14 bits per heavy atom. The van der Waals surface area contributed by atoms with Crippen LogP contribution in [0.4, 0.5) is 11.9 Å². The predicted molar refractivity (Wildman–Crippen MR) is 83.0 cm³/mol. The number of anilines is 2. The average Bonchev–Trinajstić information content (AvgIpc) is 3.20. The molecule has 0 atom stereocenters. The van der Waals surface area contributed by atoms with Crippen LogP contribution >= 0.6 is 11.3 Å². The summed E-state index contributed by atoms with van der Waals surface area (Å²) in [5.41, 5.74) is 1.31. The zero-order valence-electron chi connectivity index (χ0n) is 11.5. The summed E-state index contributed by atoms with van der Waals surface area (Å²) in [6.45, 7) is 0.771. The van der Waals surface area contributed by atoms with Crippen molar-refractivity contribution in [3.05, 3.63) is 41.1 Å². The van der Waals surface area contributed by atoms with Gasteiger partial charge < -0.3 is 10.6 Å². The molecular weight excluding hydrogens is 286 g/mol. The van der Waals surface area contributed by atoms with E-state index in [1.165, 1.54) is 5.56 Å². The summed E-state index contributed by atoms with van der Waals surface area (Å²) >= 11 is 1.70. The second-order valence-corrected chi connectivity index (χ2v) is 5.09. The van der Waals surface area contributed by atoms with Gasteiger partial charge in [0, 0.05) is 26.0 Å². The Morgan fingerprint density at radius 1 is 1.24 bits per heavy atom. The SMILES string of the molecule is CNc1nc(NCCc2ccsc2)nc(-n2ccnc2)n1. The van der Waals surface area contributed by atoms with E-state index in [0.29, 0.717) is 17.8 Å². The van der Waals surface area contributed by atoms with Crippen molar-refractivity contribution in [2.24, 2.45) is 0 Å². The van der Waals surface area contributed by atoms with Crippen molar-refractivity contribution in [2.45, 2.75) is 6.42 Å². The van der Waals surface area contributed by atoms with Crippen LogP contribution in [0.1, 0.15) is 5.56 Å². The summed E-state index contributed by atoms with van der Waals surface area (Å²) in [6.07, 6.45) is 6.07. The number of hydrogen-bond acceptors (Lipinski definition) is 7. The van der Waals surface area contributed by atoms with Gasteiger partial charge in [0.2, 0.25) is 17.8 Å². The number of nitrogens with one attached hydrogen (secondary N) is 2. The van der Waals surface area contributed by atoms with Crippen LogP contribution in [0, 0.1) is 0 Å². The molecule has 0 aliphatic heterocycles. The zero-order valence-corrected chi connectivity index (χ0v) is 12.3. The number of nitrogens with zero attached hydrogens (tertiary/aromatic N) is 5. The molecule has 0 aliphatic rings. The van der Waals surface area contributed by atoms with Gasteiger partial charge in [0.05, 0.1) is 0 Å². The molecule has 0 amide bonds. The fraction of sp³-hybridized carbons (Fsp3) is 0.231. The highest BCUT2D eigenvalue weighted by Crippen LogP contribution is 2.10. The molecule has 2 N–H and O–H groups in total. The second kappa shape index (κ2) is 6.31. The molecule has 3 aromatic heterocycles. The molecule has 21 heavy (non-hydrogen) atoms. The lowest BCUT2D eigenvalue weighted by molar-refractivity contribution is 0.887. The van der Waals surface area contributed by atoms with Crippen molar-refractivity contribution in [1.82, 2.24) is 24.5 Å². The van der Waals surface area contributed by atoms with Crippen LogP contribution in [-0.2, 0) is 6.42 Å². The first-order valence-electron chi connectivity index (χ1n) is 6.52. The van der Waals surface area contributed by atoms with Gasteiger partial charge in [-0.15, -0.1) is 0 Å². The molecule has 0 radical (unpaired) electrons. The minimum absolute atomic E-state index is 0.520. The van der Waals surface area contributed by atoms with Crippen LogP contribution in [0.5, 0.6) is 0 Å². The normalized spacial score (nSPS) is 10.5. The number of imidazole rings is 1. The van der Waals surface area contributed by atoms with Gasteiger partial charge >= 0.3 is 0 Å². The predicted octanol–water partition coefficient (Wildman–Crippen LogP) is 1.82. The van der Waals surface area contributed by atoms with Gasteiger partial charge in [0.15, 0.2) is 0 Å². The van der Waals surface area contributed by atoms with Crippen molar-refractivity contribution in [3.63, 3.8) is 0 Å². The highest BCUT2D eigenvalue weighted by Gasteiger charge is 2.06. The van der Waals surface area contributed by atoms with Crippen LogP contribution in [0.2, 0.25) is 0 Å². The third-order valence-corrected chi connectivity index (χ3v) is 3.59. The topological polar surface area (TPSA) is 80.5 Å². The molecule has 0 saturated heterocycles. The van der Waals surface area contributed by atoms with E-state index >= 15 is 0 Å². The van der Waals surface area contributed by atoms with Crippen molar-refractivity contribution in [2.75, 3.05) is 24.2 Å². The smallest absolute Gasteiger partial charge is 0.241 e. The highest BCUT2D eigenvalue weighted by atomic mass is 32.1. The van der Waals surface area contributed by atoms with E-state index in [4.69, 9.17) is 0 Å². The Balaban J connectivity index is 1.73. The van der Waals surface area contributed by atoms with Crippen molar-refractivity contribution < 1.29 is 0 Å². The van der Waals surface area contributed by atoms with E-state index in [1.54, 1.807) is 41.7 Å². The molecular formula is C13H15N7S. The molecule has 0 spiro atoms. The van der Waals surface area contributed by atoms with Crippen LogP contribution in [0.3, 0.4) is 0 Å². The standard InChI is InChI=1S/C13H15N7S/c1-14-11-17-12(16-4-2-10-3-7-21-8-10)19-13(18-11)20-6-5-15-9-20/h3,5-9H,2,4H2,1H3,(H2,14,16,17,18,19). The molecule has 0 aromatic carbocycles. The summed E-state index contributed by atoms with van der Waals surface area (Å²) in [5.74, 6) is 1.60. The molecule has 0 fully saturated rings. The quantitative estimate of drug-likeness (QED) is 0.723. The molecule has 7 nitrogen and oxygen atoms in total. The molecule has 3 heterocycles. The van der Waals surface area contributed by atoms with Gasteiger partial charge in [-0.3, -0.25) is 4.57 Å². The molecule has 3 rings (SSSR count). The van der Waals surface area contributed by atoms with Gasteiger partial charge in [0.25, 0.3) is 0 Å². The fourth-order valence-electron chi connectivity index (χ4n) is 1.80. The summed E-state index contributed by atoms with van der Waals surface area (Å²) in [4.78, 5) is 17.0. The van der Waals surface area contributed by atoms with E-state index in [-0.39, 0.29) is 0 Å². The van der Waals surface area contributed by atoms with Crippen molar-refractivity contribution in [3.8, 4) is 5.95 Å². The Hall–Kier alpha value is -2.48. The Labute approximate surface area is 126 Å². The molecule has 0 aliphatic carbocycles. The molecule has 0 saturated carbocycles. The number of thiophene rings is 1. The van der Waals surface area contributed by atoms with Gasteiger partial charge in [-0.25, -0.2) is 4.98 Å². The van der Waals surface area contributed by atoms with Gasteiger partial charge in [0.1, 0.15) is 6.33 Å². The third-order valence-electron chi connectivity index (χ3n) is 2.86. The Kier molecular flexibility index (Phi) is 4.06. The van der Waals surface area contributed by atoms with Crippen LogP contribution in [0.25, 0.3) is 5.95 Å².